The van der Waals surface area contributed by atoms with Gasteiger partial charge in [-0.15, -0.1) is 0 Å². The van der Waals surface area contributed by atoms with Gasteiger partial charge in [-0.25, -0.2) is 0 Å². The number of nitrogens with two attached hydrogens (primary N) is 1. The average Bonchev–Trinajstić information content (AvgIpc) is 2.91. The predicted molar refractivity (Wildman–Crippen MR) is 141 cm³/mol. The number of nitrogens with zero attached hydrogens (tertiary/aromatic N) is 2. The lowest BCUT2D eigenvalue weighted by Gasteiger charge is -2.29. The Hall–Kier alpha value is -3.90. The van der Waals surface area contributed by atoms with Gasteiger partial charge in [-0.3, -0.25) is 14.4 Å². The molecular formula is C28H34N4O5. The number of nitriles is 1. The number of carbonyl (C=O) groups is 3. The van der Waals surface area contributed by atoms with Crippen molar-refractivity contribution in [2.75, 3.05) is 44.4 Å². The summed E-state index contributed by atoms with van der Waals surface area (Å²) in [7, 11) is 0. The van der Waals surface area contributed by atoms with E-state index in [1.54, 1.807) is 6.08 Å². The molecule has 0 saturated carbocycles. The fraction of sp³-hybridized carbons (Fsp3) is 0.429. The first-order valence-electron chi connectivity index (χ1n) is 12.7. The molecule has 2 amide bonds. The van der Waals surface area contributed by atoms with Crippen molar-refractivity contribution in [1.82, 2.24) is 5.32 Å². The molecule has 9 nitrogen and oxygen atoms in total. The fourth-order valence-corrected chi connectivity index (χ4v) is 4.13. The summed E-state index contributed by atoms with van der Waals surface area (Å²) in [6, 6.07) is 14.3. The third-order valence-corrected chi connectivity index (χ3v) is 6.07. The zero-order valence-corrected chi connectivity index (χ0v) is 21.0. The standard InChI is InChI=1S/C28H34N4O5/c29-20-24(28(35)31-11-14-36-15-16-37-27(34)6-4-5-26(30)33)18-21-7-8-23-19-25(10-9-22(23)17-21)32-12-2-1-3-13-32/h7-10,17-19H,1-6,11-16H2,(H2,30,33)(H,31,35)/b24-18+. The molecule has 0 spiro atoms. The molecule has 0 radical (unpaired) electrons. The largest absolute Gasteiger partial charge is 0.463 e. The second kappa shape index (κ2) is 14.6. The monoisotopic (exact) mass is 506 g/mol. The number of ether oxygens (including phenoxy) is 2. The number of primary amides is 1. The lowest BCUT2D eigenvalue weighted by molar-refractivity contribution is -0.145. The lowest BCUT2D eigenvalue weighted by Crippen LogP contribution is -2.29. The van der Waals surface area contributed by atoms with E-state index in [4.69, 9.17) is 15.2 Å². The van der Waals surface area contributed by atoms with Crippen molar-refractivity contribution in [2.24, 2.45) is 5.73 Å². The molecule has 3 rings (SSSR count). The molecule has 0 unspecified atom stereocenters. The van der Waals surface area contributed by atoms with E-state index in [0.29, 0.717) is 6.42 Å². The topological polar surface area (TPSA) is 135 Å². The van der Waals surface area contributed by atoms with Crippen molar-refractivity contribution in [1.29, 1.82) is 5.26 Å². The number of benzene rings is 2. The number of fused-ring (bicyclic) bond motifs is 1. The number of esters is 1. The molecule has 37 heavy (non-hydrogen) atoms. The van der Waals surface area contributed by atoms with Crippen LogP contribution in [0.5, 0.6) is 0 Å². The molecule has 0 atom stereocenters. The number of hydrogen-bond acceptors (Lipinski definition) is 7. The smallest absolute Gasteiger partial charge is 0.305 e. The van der Waals surface area contributed by atoms with Crippen LogP contribution in [0.25, 0.3) is 16.8 Å². The first-order valence-corrected chi connectivity index (χ1v) is 12.7. The molecule has 1 fully saturated rings. The highest BCUT2D eigenvalue weighted by atomic mass is 16.6. The average molecular weight is 507 g/mol. The minimum atomic E-state index is -0.479. The summed E-state index contributed by atoms with van der Waals surface area (Å²) >= 11 is 0. The second-order valence-electron chi connectivity index (χ2n) is 8.92. The Labute approximate surface area is 217 Å². The normalized spacial score (nSPS) is 13.7. The summed E-state index contributed by atoms with van der Waals surface area (Å²) in [6.07, 6.45) is 5.94. The molecule has 0 aliphatic carbocycles. The van der Waals surface area contributed by atoms with Gasteiger partial charge in [-0.1, -0.05) is 18.2 Å². The van der Waals surface area contributed by atoms with Gasteiger partial charge in [0.15, 0.2) is 0 Å². The maximum Gasteiger partial charge on any atom is 0.305 e. The van der Waals surface area contributed by atoms with Crippen LogP contribution in [0.3, 0.4) is 0 Å². The van der Waals surface area contributed by atoms with Crippen LogP contribution in [0.4, 0.5) is 5.69 Å². The number of carbonyl (C=O) groups excluding carboxylic acids is 3. The van der Waals surface area contributed by atoms with Gasteiger partial charge in [-0.2, -0.15) is 5.26 Å². The van der Waals surface area contributed by atoms with E-state index in [1.807, 2.05) is 24.3 Å². The molecule has 1 heterocycles. The first kappa shape index (κ1) is 27.7. The zero-order chi connectivity index (χ0) is 26.5. The summed E-state index contributed by atoms with van der Waals surface area (Å²) in [5.74, 6) is -1.35. The SMILES string of the molecule is N#C/C(=C\c1ccc2cc(N3CCCCC3)ccc2c1)C(=O)NCCOCCOC(=O)CCCC(N)=O. The van der Waals surface area contributed by atoms with Gasteiger partial charge in [0.2, 0.25) is 5.91 Å². The Morgan fingerprint density at radius 2 is 1.76 bits per heavy atom. The lowest BCUT2D eigenvalue weighted by atomic mass is 10.0. The van der Waals surface area contributed by atoms with Gasteiger partial charge in [0.1, 0.15) is 18.2 Å². The zero-order valence-electron chi connectivity index (χ0n) is 21.0. The van der Waals surface area contributed by atoms with Gasteiger partial charge >= 0.3 is 5.97 Å². The maximum absolute atomic E-state index is 12.4. The summed E-state index contributed by atoms with van der Waals surface area (Å²) in [6.45, 7) is 2.85. The van der Waals surface area contributed by atoms with Crippen molar-refractivity contribution in [3.8, 4) is 6.07 Å². The van der Waals surface area contributed by atoms with E-state index in [0.717, 1.165) is 29.4 Å². The van der Waals surface area contributed by atoms with Gasteiger partial charge < -0.3 is 25.4 Å². The van der Waals surface area contributed by atoms with Crippen LogP contribution in [0.1, 0.15) is 44.1 Å². The first-order chi connectivity index (χ1) is 18.0. The van der Waals surface area contributed by atoms with Crippen LogP contribution >= 0.6 is 0 Å². The maximum atomic E-state index is 12.4. The molecule has 0 aromatic heterocycles. The van der Waals surface area contributed by atoms with Gasteiger partial charge in [0, 0.05) is 38.2 Å². The third-order valence-electron chi connectivity index (χ3n) is 6.07. The number of rotatable bonds is 13. The van der Waals surface area contributed by atoms with Crippen LogP contribution < -0.4 is 16.0 Å². The highest BCUT2D eigenvalue weighted by Crippen LogP contribution is 2.26. The molecule has 2 aromatic rings. The molecule has 9 heteroatoms. The van der Waals surface area contributed by atoms with Crippen LogP contribution in [0.2, 0.25) is 0 Å². The van der Waals surface area contributed by atoms with Crippen molar-refractivity contribution < 1.29 is 23.9 Å². The Balaban J connectivity index is 1.42. The quantitative estimate of drug-likeness (QED) is 0.184. The molecule has 1 saturated heterocycles. The molecule has 0 bridgehead atoms. The van der Waals surface area contributed by atoms with Crippen LogP contribution in [0, 0.1) is 11.3 Å². The van der Waals surface area contributed by atoms with Crippen molar-refractivity contribution >= 4 is 40.3 Å². The summed E-state index contributed by atoms with van der Waals surface area (Å²) < 4.78 is 10.3. The summed E-state index contributed by atoms with van der Waals surface area (Å²) in [5, 5.41) is 14.3. The number of piperidine rings is 1. The Morgan fingerprint density at radius 3 is 2.51 bits per heavy atom. The molecule has 1 aliphatic heterocycles. The third kappa shape index (κ3) is 9.24. The van der Waals surface area contributed by atoms with E-state index in [2.05, 4.69) is 28.4 Å². The van der Waals surface area contributed by atoms with E-state index in [1.165, 1.54) is 24.9 Å². The number of nitrogens with one attached hydrogen (secondary N) is 1. The minimum Gasteiger partial charge on any atom is -0.463 e. The molecule has 2 aromatic carbocycles. The van der Waals surface area contributed by atoms with Crippen molar-refractivity contribution in [2.45, 2.75) is 38.5 Å². The number of hydrogen-bond donors (Lipinski definition) is 2. The Bertz CT molecular complexity index is 1160. The number of anilines is 1. The van der Waals surface area contributed by atoms with Crippen molar-refractivity contribution in [3.63, 3.8) is 0 Å². The predicted octanol–water partition coefficient (Wildman–Crippen LogP) is 3.07. The van der Waals surface area contributed by atoms with E-state index in [9.17, 15) is 19.6 Å². The molecule has 3 N–H and O–H groups in total. The van der Waals surface area contributed by atoms with E-state index >= 15 is 0 Å². The van der Waals surface area contributed by atoms with Crippen LogP contribution in [-0.4, -0.2) is 57.2 Å². The van der Waals surface area contributed by atoms with Gasteiger partial charge in [0.25, 0.3) is 5.91 Å². The molecular weight excluding hydrogens is 472 g/mol. The molecule has 1 aliphatic rings. The Morgan fingerprint density at radius 1 is 1.00 bits per heavy atom. The summed E-state index contributed by atoms with van der Waals surface area (Å²) in [5.41, 5.74) is 7.03. The van der Waals surface area contributed by atoms with Crippen LogP contribution in [0.15, 0.2) is 42.0 Å². The highest BCUT2D eigenvalue weighted by molar-refractivity contribution is 6.02. The molecule has 196 valence electrons. The van der Waals surface area contributed by atoms with Gasteiger partial charge in [-0.05, 0) is 66.3 Å². The van der Waals surface area contributed by atoms with Crippen molar-refractivity contribution in [3.05, 3.63) is 47.5 Å². The van der Waals surface area contributed by atoms with E-state index in [-0.39, 0.29) is 44.8 Å². The minimum absolute atomic E-state index is 0.00850. The summed E-state index contributed by atoms with van der Waals surface area (Å²) in [4.78, 5) is 37.0. The highest BCUT2D eigenvalue weighted by Gasteiger charge is 2.12. The number of amides is 2. The van der Waals surface area contributed by atoms with E-state index < -0.39 is 17.8 Å². The van der Waals surface area contributed by atoms with Crippen LogP contribution in [-0.2, 0) is 23.9 Å². The fourth-order valence-electron chi connectivity index (χ4n) is 4.13. The van der Waals surface area contributed by atoms with Gasteiger partial charge in [0.05, 0.1) is 13.2 Å². The second-order valence-corrected chi connectivity index (χ2v) is 8.92. The Kier molecular flexibility index (Phi) is 10.9.